The van der Waals surface area contributed by atoms with Gasteiger partial charge in [0.1, 0.15) is 0 Å². The molecular weight excluding hydrogens is 937 g/mol. The van der Waals surface area contributed by atoms with Crippen LogP contribution in [0, 0.1) is 0 Å². The summed E-state index contributed by atoms with van der Waals surface area (Å²) >= 11 is 3.29. The van der Waals surface area contributed by atoms with Crippen LogP contribution in [0.5, 0.6) is 0 Å². The molecule has 0 saturated heterocycles. The third-order valence-corrected chi connectivity index (χ3v) is 17.8. The number of benzene rings is 6. The Hall–Kier alpha value is -1.91. The summed E-state index contributed by atoms with van der Waals surface area (Å²) in [7, 11) is 0. The number of halogens is 2. The average molecular weight is 969 g/mol. The monoisotopic (exact) mass is 967 g/mol. The van der Waals surface area contributed by atoms with Crippen LogP contribution in [0.25, 0.3) is 0 Å². The van der Waals surface area contributed by atoms with Crippen molar-refractivity contribution in [2.75, 3.05) is 0 Å². The first kappa shape index (κ1) is 32.0. The van der Waals surface area contributed by atoms with Crippen LogP contribution in [-0.4, -0.2) is 29.3 Å². The van der Waals surface area contributed by atoms with E-state index >= 15 is 0 Å². The second-order valence-corrected chi connectivity index (χ2v) is 29.3. The van der Waals surface area contributed by atoms with Gasteiger partial charge in [-0.1, -0.05) is 0 Å². The van der Waals surface area contributed by atoms with Crippen molar-refractivity contribution in [1.29, 1.82) is 0 Å². The van der Waals surface area contributed by atoms with Crippen LogP contribution in [0.15, 0.2) is 182 Å². The first-order valence-corrected chi connectivity index (χ1v) is 29.4. The van der Waals surface area contributed by atoms with E-state index in [4.69, 9.17) is 0 Å². The summed E-state index contributed by atoms with van der Waals surface area (Å²) in [5, 5.41) is 0. The van der Waals surface area contributed by atoms with Gasteiger partial charge in [-0.2, -0.15) is 0 Å². The van der Waals surface area contributed by atoms with Crippen molar-refractivity contribution in [3.05, 3.63) is 182 Å². The predicted octanol–water partition coefficient (Wildman–Crippen LogP) is 5.56. The molecule has 6 aromatic rings. The first-order valence-electron chi connectivity index (χ1n) is 13.2. The van der Waals surface area contributed by atoms with Crippen LogP contribution in [0.3, 0.4) is 0 Å². The summed E-state index contributed by atoms with van der Waals surface area (Å²) in [5.41, 5.74) is 0. The molecule has 0 spiro atoms. The molecule has 0 aliphatic rings. The molecule has 0 fully saturated rings. The van der Waals surface area contributed by atoms with E-state index < -0.39 is 29.3 Å². The number of rotatable bonds is 6. The Balaban J connectivity index is 0.000000173. The maximum atomic E-state index is 3.17. The van der Waals surface area contributed by atoms with Crippen LogP contribution < -0.4 is 26.1 Å². The summed E-state index contributed by atoms with van der Waals surface area (Å²) in [6.07, 6.45) is 0. The van der Waals surface area contributed by atoms with Crippen LogP contribution >= 0.6 is 26.6 Å². The molecule has 0 atom stereocenters. The summed E-state index contributed by atoms with van der Waals surface area (Å²) < 4.78 is 9.00. The van der Waals surface area contributed by atoms with E-state index in [0.29, 0.717) is 0 Å². The number of hydrogen-bond donors (Lipinski definition) is 0. The van der Waals surface area contributed by atoms with Crippen molar-refractivity contribution in [3.8, 4) is 0 Å². The normalized spacial score (nSPS) is 10.3. The molecule has 0 aliphatic heterocycles. The molecule has 41 heavy (non-hydrogen) atoms. The Morgan fingerprint density at radius 2 is 0.390 bits per heavy atom. The maximum absolute atomic E-state index is 3.17. The molecule has 6 aromatic carbocycles. The third kappa shape index (κ3) is 10.1. The van der Waals surface area contributed by atoms with Crippen molar-refractivity contribution in [3.63, 3.8) is 0 Å². The number of hydrogen-bond acceptors (Lipinski definition) is 0. The molecule has 210 valence electrons. The Kier molecular flexibility index (Phi) is 14.5. The van der Waals surface area contributed by atoms with E-state index in [1.165, 1.54) is 26.1 Å². The first-order chi connectivity index (χ1) is 20.3. The third-order valence-electron chi connectivity index (χ3n) is 6.37. The van der Waals surface area contributed by atoms with E-state index in [1.807, 2.05) is 0 Å². The standard InChI is InChI=1S/2C18H16As.2BrH.Pt/c2*1-4-10-16(11-5-1)19(17-12-6-2-7-13-17)18-14-8-3-9-15-18;;;/h2*1-15,19H;2*1H;/q;;;;+2/p-2. The zero-order valence-electron chi connectivity index (χ0n) is 22.4. The average Bonchev–Trinajstić information content (AvgIpc) is 3.05. The Bertz CT molecular complexity index is 1200. The van der Waals surface area contributed by atoms with Crippen LogP contribution in [0.4, 0.5) is 0 Å². The van der Waals surface area contributed by atoms with E-state index in [0.717, 1.165) is 0 Å². The topological polar surface area (TPSA) is 0 Å². The van der Waals surface area contributed by atoms with Crippen LogP contribution in [-0.2, 0) is 14.5 Å². The van der Waals surface area contributed by atoms with E-state index in [1.54, 1.807) is 0 Å². The van der Waals surface area contributed by atoms with Gasteiger partial charge in [-0.25, -0.2) is 0 Å². The van der Waals surface area contributed by atoms with Gasteiger partial charge in [0.15, 0.2) is 0 Å². The summed E-state index contributed by atoms with van der Waals surface area (Å²) in [4.78, 5) is 0. The second-order valence-electron chi connectivity index (χ2n) is 8.99. The quantitative estimate of drug-likeness (QED) is 0.192. The van der Waals surface area contributed by atoms with Crippen molar-refractivity contribution in [2.45, 2.75) is 0 Å². The van der Waals surface area contributed by atoms with Gasteiger partial charge < -0.3 is 0 Å². The van der Waals surface area contributed by atoms with Gasteiger partial charge in [-0.05, 0) is 0 Å². The molecule has 0 unspecified atom stereocenters. The Morgan fingerprint density at radius 3 is 0.512 bits per heavy atom. The van der Waals surface area contributed by atoms with E-state index in [2.05, 4.69) is 209 Å². The van der Waals surface area contributed by atoms with E-state index in [9.17, 15) is 0 Å². The zero-order valence-corrected chi connectivity index (χ0v) is 32.0. The molecule has 0 aromatic heterocycles. The molecule has 0 amide bonds. The minimum absolute atomic E-state index is 0.208. The van der Waals surface area contributed by atoms with Gasteiger partial charge in [-0.15, -0.1) is 0 Å². The molecule has 0 nitrogen and oxygen atoms in total. The zero-order chi connectivity index (χ0) is 28.5. The summed E-state index contributed by atoms with van der Waals surface area (Å²) in [6, 6.07) is 65.6. The van der Waals surface area contributed by atoms with Gasteiger partial charge in [0.25, 0.3) is 0 Å². The molecule has 0 heterocycles. The fraction of sp³-hybridized carbons (Fsp3) is 0. The molecule has 5 heteroatoms. The molecular formula is C36H32As2Br2Pt. The van der Waals surface area contributed by atoms with Crippen molar-refractivity contribution >= 4 is 82.0 Å². The van der Waals surface area contributed by atoms with E-state index in [-0.39, 0.29) is 14.5 Å². The van der Waals surface area contributed by atoms with Crippen molar-refractivity contribution in [1.82, 2.24) is 0 Å². The summed E-state index contributed by atoms with van der Waals surface area (Å²) in [5.74, 6) is 0. The molecule has 0 N–H and O–H groups in total. The van der Waals surface area contributed by atoms with Gasteiger partial charge in [0.05, 0.1) is 0 Å². The van der Waals surface area contributed by atoms with Gasteiger partial charge >= 0.3 is 278 Å². The van der Waals surface area contributed by atoms with Crippen molar-refractivity contribution in [2.24, 2.45) is 0 Å². The fourth-order valence-corrected chi connectivity index (χ4v) is 15.4. The van der Waals surface area contributed by atoms with Crippen molar-refractivity contribution < 1.29 is 14.5 Å². The molecule has 6 rings (SSSR count). The molecule has 0 bridgehead atoms. The molecule has 0 saturated carbocycles. The van der Waals surface area contributed by atoms with Crippen LogP contribution in [0.1, 0.15) is 0 Å². The predicted molar refractivity (Wildman–Crippen MR) is 189 cm³/mol. The second kappa shape index (κ2) is 18.6. The van der Waals surface area contributed by atoms with Gasteiger partial charge in [0, 0.05) is 0 Å². The molecule has 0 aliphatic carbocycles. The SMILES string of the molecule is [Br][Pt][Br].c1ccc([AsH](c2ccccc2)c2ccccc2)cc1.c1ccc([AsH](c2ccccc2)c2ccccc2)cc1. The molecule has 2 radical (unpaired) electrons. The fourth-order valence-electron chi connectivity index (χ4n) is 4.63. The Labute approximate surface area is 275 Å². The Morgan fingerprint density at radius 1 is 0.268 bits per heavy atom. The van der Waals surface area contributed by atoms with Crippen LogP contribution in [0.2, 0.25) is 0 Å². The van der Waals surface area contributed by atoms with Gasteiger partial charge in [0.2, 0.25) is 0 Å². The van der Waals surface area contributed by atoms with Gasteiger partial charge in [-0.3, -0.25) is 0 Å². The minimum atomic E-state index is -1.63. The summed E-state index contributed by atoms with van der Waals surface area (Å²) in [6.45, 7) is 0.